The molecule has 0 fully saturated rings. The third-order valence-corrected chi connectivity index (χ3v) is 4.27. The summed E-state index contributed by atoms with van der Waals surface area (Å²) in [5.41, 5.74) is 3.95. The quantitative estimate of drug-likeness (QED) is 0.488. The van der Waals surface area contributed by atoms with Crippen LogP contribution in [0.1, 0.15) is 83.1 Å². The van der Waals surface area contributed by atoms with Gasteiger partial charge in [0.05, 0.1) is 0 Å². The van der Waals surface area contributed by atoms with E-state index in [-0.39, 0.29) is 5.41 Å². The molecule has 1 unspecified atom stereocenters. The molecule has 0 saturated heterocycles. The standard InChI is InChI=1S/C20H40/c1-13(2)16(14(3)4)18(20(10,11)12)17(15(5)6)19(7,8)9/h13-15,17H,1-12H3. The molecule has 0 aromatic carbocycles. The average molecular weight is 281 g/mol. The molecule has 0 heteroatoms. The van der Waals surface area contributed by atoms with Gasteiger partial charge in [-0.05, 0) is 34.5 Å². The van der Waals surface area contributed by atoms with Crippen LogP contribution in [0.4, 0.5) is 0 Å². The van der Waals surface area contributed by atoms with Crippen LogP contribution >= 0.6 is 0 Å². The maximum Gasteiger partial charge on any atom is -0.0123 e. The summed E-state index contributed by atoms with van der Waals surface area (Å²) in [6.45, 7) is 28.6. The van der Waals surface area contributed by atoms with Crippen molar-refractivity contribution in [3.05, 3.63) is 11.1 Å². The first kappa shape index (κ1) is 19.7. The van der Waals surface area contributed by atoms with Crippen molar-refractivity contribution in [2.45, 2.75) is 83.1 Å². The molecule has 0 aromatic rings. The van der Waals surface area contributed by atoms with E-state index in [9.17, 15) is 0 Å². The lowest BCUT2D eigenvalue weighted by molar-refractivity contribution is 0.182. The van der Waals surface area contributed by atoms with Gasteiger partial charge < -0.3 is 0 Å². The van der Waals surface area contributed by atoms with Gasteiger partial charge in [0.2, 0.25) is 0 Å². The van der Waals surface area contributed by atoms with Gasteiger partial charge in [0.1, 0.15) is 0 Å². The summed E-state index contributed by atoms with van der Waals surface area (Å²) in [5.74, 6) is 2.58. The Morgan fingerprint density at radius 2 is 1.00 bits per heavy atom. The molecule has 0 radical (unpaired) electrons. The molecule has 0 spiro atoms. The molecule has 0 N–H and O–H groups in total. The minimum atomic E-state index is 0.242. The number of allylic oxidation sites excluding steroid dienone is 2. The van der Waals surface area contributed by atoms with Gasteiger partial charge in [-0.15, -0.1) is 0 Å². The van der Waals surface area contributed by atoms with Crippen molar-refractivity contribution in [1.29, 1.82) is 0 Å². The van der Waals surface area contributed by atoms with E-state index in [1.54, 1.807) is 11.1 Å². The first-order chi connectivity index (χ1) is 8.71. The summed E-state index contributed by atoms with van der Waals surface area (Å²) in [4.78, 5) is 0. The predicted octanol–water partition coefficient (Wildman–Crippen LogP) is 6.96. The highest BCUT2D eigenvalue weighted by molar-refractivity contribution is 5.27. The SMILES string of the molecule is CC(C)C(=C(C(C(C)C)C(C)(C)C)C(C)(C)C)C(C)C. The molecule has 0 bridgehead atoms. The largest absolute Gasteiger partial charge is 0.0651 e. The molecule has 0 aliphatic heterocycles. The molecule has 0 aliphatic rings. The number of hydrogen-bond acceptors (Lipinski definition) is 0. The molecule has 0 aliphatic carbocycles. The fourth-order valence-electron chi connectivity index (χ4n) is 4.13. The highest BCUT2D eigenvalue weighted by atomic mass is 14.4. The summed E-state index contributed by atoms with van der Waals surface area (Å²) < 4.78 is 0. The molecule has 0 heterocycles. The Labute approximate surface area is 129 Å². The second-order valence-corrected chi connectivity index (χ2v) is 9.52. The Kier molecular flexibility index (Phi) is 6.58. The Hall–Kier alpha value is -0.260. The lowest BCUT2D eigenvalue weighted by atomic mass is 9.61. The fraction of sp³-hybridized carbons (Fsp3) is 0.900. The second kappa shape index (κ2) is 6.67. The van der Waals surface area contributed by atoms with Crippen molar-refractivity contribution >= 4 is 0 Å². The number of rotatable bonds is 4. The molecule has 0 amide bonds. The van der Waals surface area contributed by atoms with Crippen LogP contribution in [0, 0.1) is 34.5 Å². The van der Waals surface area contributed by atoms with Gasteiger partial charge in [-0.2, -0.15) is 0 Å². The first-order valence-corrected chi connectivity index (χ1v) is 8.45. The highest BCUT2D eigenvalue weighted by Crippen LogP contribution is 2.48. The smallest absolute Gasteiger partial charge is 0.0123 e. The van der Waals surface area contributed by atoms with Crippen molar-refractivity contribution in [2.75, 3.05) is 0 Å². The Morgan fingerprint density at radius 1 is 0.650 bits per heavy atom. The van der Waals surface area contributed by atoms with Crippen LogP contribution in [0.15, 0.2) is 11.1 Å². The number of hydrogen-bond donors (Lipinski definition) is 0. The average Bonchev–Trinajstić information content (AvgIpc) is 2.10. The van der Waals surface area contributed by atoms with Crippen molar-refractivity contribution in [3.63, 3.8) is 0 Å². The van der Waals surface area contributed by atoms with Crippen LogP contribution in [0.3, 0.4) is 0 Å². The van der Waals surface area contributed by atoms with Gasteiger partial charge >= 0.3 is 0 Å². The lowest BCUT2D eigenvalue weighted by Gasteiger charge is -2.44. The minimum absolute atomic E-state index is 0.242. The van der Waals surface area contributed by atoms with E-state index in [4.69, 9.17) is 0 Å². The first-order valence-electron chi connectivity index (χ1n) is 8.45. The second-order valence-electron chi connectivity index (χ2n) is 9.52. The fourth-order valence-corrected chi connectivity index (χ4v) is 4.13. The minimum Gasteiger partial charge on any atom is -0.0651 e. The van der Waals surface area contributed by atoms with E-state index in [1.165, 1.54) is 0 Å². The zero-order chi connectivity index (χ0) is 16.5. The van der Waals surface area contributed by atoms with Crippen molar-refractivity contribution in [1.82, 2.24) is 0 Å². The van der Waals surface area contributed by atoms with E-state index in [0.29, 0.717) is 29.1 Å². The van der Waals surface area contributed by atoms with Crippen molar-refractivity contribution in [3.8, 4) is 0 Å². The topological polar surface area (TPSA) is 0 Å². The van der Waals surface area contributed by atoms with Crippen molar-refractivity contribution in [2.24, 2.45) is 34.5 Å². The van der Waals surface area contributed by atoms with E-state index in [2.05, 4.69) is 83.1 Å². The molecule has 0 saturated carbocycles. The molecule has 0 aromatic heterocycles. The van der Waals surface area contributed by atoms with Gasteiger partial charge in [0.25, 0.3) is 0 Å². The van der Waals surface area contributed by atoms with Crippen LogP contribution in [0.2, 0.25) is 0 Å². The van der Waals surface area contributed by atoms with Crippen LogP contribution in [-0.4, -0.2) is 0 Å². The Morgan fingerprint density at radius 3 is 1.15 bits per heavy atom. The summed E-state index contributed by atoms with van der Waals surface area (Å²) in [5, 5.41) is 0. The summed E-state index contributed by atoms with van der Waals surface area (Å²) in [7, 11) is 0. The Bertz CT molecular complexity index is 316. The monoisotopic (exact) mass is 280 g/mol. The summed E-state index contributed by atoms with van der Waals surface area (Å²) in [6, 6.07) is 0. The van der Waals surface area contributed by atoms with E-state index in [1.807, 2.05) is 0 Å². The third-order valence-electron chi connectivity index (χ3n) is 4.27. The van der Waals surface area contributed by atoms with Crippen LogP contribution in [-0.2, 0) is 0 Å². The van der Waals surface area contributed by atoms with Gasteiger partial charge in [-0.25, -0.2) is 0 Å². The van der Waals surface area contributed by atoms with E-state index < -0.39 is 0 Å². The predicted molar refractivity (Wildman–Crippen MR) is 93.9 cm³/mol. The maximum atomic E-state index is 2.40. The molecule has 1 atom stereocenters. The zero-order valence-corrected chi connectivity index (χ0v) is 16.3. The Balaban J connectivity index is 6.36. The van der Waals surface area contributed by atoms with Crippen LogP contribution in [0.5, 0.6) is 0 Å². The zero-order valence-electron chi connectivity index (χ0n) is 16.3. The van der Waals surface area contributed by atoms with Crippen LogP contribution in [0.25, 0.3) is 0 Å². The normalized spacial score (nSPS) is 15.2. The van der Waals surface area contributed by atoms with E-state index >= 15 is 0 Å². The molecule has 0 rings (SSSR count). The highest BCUT2D eigenvalue weighted by Gasteiger charge is 2.38. The maximum absolute atomic E-state index is 2.40. The summed E-state index contributed by atoms with van der Waals surface area (Å²) >= 11 is 0. The molecule has 20 heavy (non-hydrogen) atoms. The molecular formula is C20H40. The van der Waals surface area contributed by atoms with Gasteiger partial charge in [-0.1, -0.05) is 94.2 Å². The molecule has 120 valence electrons. The third kappa shape index (κ3) is 4.93. The summed E-state index contributed by atoms with van der Waals surface area (Å²) in [6.07, 6.45) is 0. The van der Waals surface area contributed by atoms with Crippen molar-refractivity contribution < 1.29 is 0 Å². The van der Waals surface area contributed by atoms with Gasteiger partial charge in [0, 0.05) is 0 Å². The lowest BCUT2D eigenvalue weighted by Crippen LogP contribution is -2.35. The van der Waals surface area contributed by atoms with Gasteiger partial charge in [-0.3, -0.25) is 0 Å². The molecule has 0 nitrogen and oxygen atoms in total. The van der Waals surface area contributed by atoms with Crippen LogP contribution < -0.4 is 0 Å². The van der Waals surface area contributed by atoms with E-state index in [0.717, 1.165) is 0 Å². The molecular weight excluding hydrogens is 240 g/mol. The van der Waals surface area contributed by atoms with Gasteiger partial charge in [0.15, 0.2) is 0 Å².